The predicted molar refractivity (Wildman–Crippen MR) is 93.8 cm³/mol. The Kier molecular flexibility index (Phi) is 4.05. The fraction of sp³-hybridized carbons (Fsp3) is 0.600. The molecule has 0 amide bonds. The first-order valence-corrected chi connectivity index (χ1v) is 8.94. The zero-order valence-corrected chi connectivity index (χ0v) is 14.9. The number of nitrogens with zero attached hydrogens (tertiary/aromatic N) is 1. The Morgan fingerprint density at radius 3 is 2.58 bits per heavy atom. The minimum atomic E-state index is 0.0425. The van der Waals surface area contributed by atoms with Gasteiger partial charge in [0.25, 0.3) is 0 Å². The van der Waals surface area contributed by atoms with Gasteiger partial charge < -0.3 is 14.2 Å². The van der Waals surface area contributed by atoms with Gasteiger partial charge in [0.2, 0.25) is 0 Å². The van der Waals surface area contributed by atoms with Crippen LogP contribution in [0.3, 0.4) is 0 Å². The molecule has 1 aromatic rings. The highest BCUT2D eigenvalue weighted by molar-refractivity contribution is 5.52. The summed E-state index contributed by atoms with van der Waals surface area (Å²) in [6, 6.07) is 4.43. The van der Waals surface area contributed by atoms with E-state index in [2.05, 4.69) is 29.2 Å². The van der Waals surface area contributed by atoms with Crippen molar-refractivity contribution in [2.75, 3.05) is 34.4 Å². The van der Waals surface area contributed by atoms with Crippen LogP contribution in [-0.4, -0.2) is 45.4 Å². The summed E-state index contributed by atoms with van der Waals surface area (Å²) in [6.07, 6.45) is 9.36. The van der Waals surface area contributed by atoms with E-state index in [4.69, 9.17) is 14.2 Å². The van der Waals surface area contributed by atoms with E-state index in [1.807, 2.05) is 7.11 Å². The lowest BCUT2D eigenvalue weighted by Crippen LogP contribution is -2.48. The van der Waals surface area contributed by atoms with Crippen LogP contribution in [0.2, 0.25) is 0 Å². The number of aryl methyl sites for hydroxylation is 1. The summed E-state index contributed by atoms with van der Waals surface area (Å²) < 4.78 is 16.9. The van der Waals surface area contributed by atoms with Gasteiger partial charge >= 0.3 is 0 Å². The van der Waals surface area contributed by atoms with Gasteiger partial charge in [-0.15, -0.1) is 0 Å². The number of hydrogen-bond donors (Lipinski definition) is 0. The highest BCUT2D eigenvalue weighted by Gasteiger charge is 2.53. The second-order valence-corrected chi connectivity index (χ2v) is 7.14. The molecule has 24 heavy (non-hydrogen) atoms. The van der Waals surface area contributed by atoms with E-state index in [9.17, 15) is 0 Å². The Morgan fingerprint density at radius 2 is 1.83 bits per heavy atom. The molecule has 4 rings (SSSR count). The third-order valence-electron chi connectivity index (χ3n) is 6.21. The van der Waals surface area contributed by atoms with Crippen LogP contribution in [0.4, 0.5) is 0 Å². The molecule has 2 heterocycles. The molecule has 0 aromatic heterocycles. The Bertz CT molecular complexity index is 657. The van der Waals surface area contributed by atoms with Gasteiger partial charge in [-0.1, -0.05) is 12.2 Å². The summed E-state index contributed by atoms with van der Waals surface area (Å²) in [6.45, 7) is 2.32. The molecule has 0 N–H and O–H groups in total. The first-order chi connectivity index (χ1) is 11.7. The van der Waals surface area contributed by atoms with Crippen LogP contribution in [0.1, 0.15) is 30.4 Å². The van der Waals surface area contributed by atoms with Crippen molar-refractivity contribution in [1.29, 1.82) is 0 Å². The maximum absolute atomic E-state index is 5.73. The van der Waals surface area contributed by atoms with E-state index >= 15 is 0 Å². The van der Waals surface area contributed by atoms with Crippen LogP contribution >= 0.6 is 0 Å². The first kappa shape index (κ1) is 16.0. The van der Waals surface area contributed by atoms with Crippen molar-refractivity contribution in [1.82, 2.24) is 4.90 Å². The molecule has 1 fully saturated rings. The van der Waals surface area contributed by atoms with Crippen molar-refractivity contribution in [2.45, 2.75) is 37.3 Å². The molecule has 4 heteroatoms. The molecule has 3 aliphatic rings. The van der Waals surface area contributed by atoms with Gasteiger partial charge in [0.05, 0.1) is 25.9 Å². The fourth-order valence-electron chi connectivity index (χ4n) is 5.08. The lowest BCUT2D eigenvalue weighted by molar-refractivity contribution is 0.0286. The van der Waals surface area contributed by atoms with Gasteiger partial charge in [0, 0.05) is 19.4 Å². The maximum atomic E-state index is 5.73. The minimum Gasteiger partial charge on any atom is -0.493 e. The second kappa shape index (κ2) is 6.08. The summed E-state index contributed by atoms with van der Waals surface area (Å²) in [5.74, 6) is 2.23. The van der Waals surface area contributed by atoms with Crippen LogP contribution in [0.25, 0.3) is 0 Å². The van der Waals surface area contributed by atoms with Gasteiger partial charge in [-0.3, -0.25) is 4.90 Å². The van der Waals surface area contributed by atoms with Crippen molar-refractivity contribution >= 4 is 0 Å². The third-order valence-corrected chi connectivity index (χ3v) is 6.21. The molecule has 1 saturated heterocycles. The molecule has 1 spiro atoms. The molecule has 1 aromatic carbocycles. The molecule has 130 valence electrons. The summed E-state index contributed by atoms with van der Waals surface area (Å²) in [7, 11) is 5.26. The fourth-order valence-corrected chi connectivity index (χ4v) is 5.08. The van der Waals surface area contributed by atoms with E-state index in [1.54, 1.807) is 14.2 Å². The predicted octanol–water partition coefficient (Wildman–Crippen LogP) is 3.14. The van der Waals surface area contributed by atoms with E-state index in [0.29, 0.717) is 5.92 Å². The zero-order chi connectivity index (χ0) is 16.7. The molecule has 2 aliphatic heterocycles. The van der Waals surface area contributed by atoms with Crippen molar-refractivity contribution in [3.63, 3.8) is 0 Å². The van der Waals surface area contributed by atoms with Crippen LogP contribution in [0.15, 0.2) is 24.3 Å². The molecule has 0 saturated carbocycles. The molecule has 0 bridgehead atoms. The van der Waals surface area contributed by atoms with Gasteiger partial charge in [-0.25, -0.2) is 0 Å². The summed E-state index contributed by atoms with van der Waals surface area (Å²) in [5, 5.41) is 0. The largest absolute Gasteiger partial charge is 0.493 e. The number of benzene rings is 1. The first-order valence-electron chi connectivity index (χ1n) is 8.94. The highest BCUT2D eigenvalue weighted by atomic mass is 16.5. The van der Waals surface area contributed by atoms with Crippen LogP contribution in [0.5, 0.6) is 11.5 Å². The molecular formula is C20H27NO3. The number of hydrogen-bond acceptors (Lipinski definition) is 4. The van der Waals surface area contributed by atoms with E-state index in [-0.39, 0.29) is 11.6 Å². The smallest absolute Gasteiger partial charge is 0.161 e. The maximum Gasteiger partial charge on any atom is 0.161 e. The molecule has 1 aliphatic carbocycles. The molecule has 4 nitrogen and oxygen atoms in total. The minimum absolute atomic E-state index is 0.0425. The molecule has 0 radical (unpaired) electrons. The summed E-state index contributed by atoms with van der Waals surface area (Å²) >= 11 is 0. The lowest BCUT2D eigenvalue weighted by Gasteiger charge is -2.46. The number of ether oxygens (including phenoxy) is 3. The Morgan fingerprint density at radius 1 is 1.04 bits per heavy atom. The number of methoxy groups -OCH3 is 3. The lowest BCUT2D eigenvalue weighted by atomic mass is 9.70. The molecular weight excluding hydrogens is 302 g/mol. The normalized spacial score (nSPS) is 31.8. The van der Waals surface area contributed by atoms with Gasteiger partial charge in [0.15, 0.2) is 11.5 Å². The van der Waals surface area contributed by atoms with Crippen LogP contribution in [-0.2, 0) is 16.7 Å². The Labute approximate surface area is 144 Å². The molecule has 3 unspecified atom stereocenters. The zero-order valence-electron chi connectivity index (χ0n) is 14.9. The van der Waals surface area contributed by atoms with Crippen molar-refractivity contribution in [2.24, 2.45) is 5.92 Å². The van der Waals surface area contributed by atoms with E-state index in [1.165, 1.54) is 30.5 Å². The monoisotopic (exact) mass is 329 g/mol. The van der Waals surface area contributed by atoms with Crippen molar-refractivity contribution in [3.05, 3.63) is 35.4 Å². The average Bonchev–Trinajstić information content (AvgIpc) is 2.92. The average molecular weight is 329 g/mol. The quantitative estimate of drug-likeness (QED) is 0.797. The number of fused-ring (bicyclic) bond motifs is 1. The van der Waals surface area contributed by atoms with Crippen LogP contribution < -0.4 is 9.47 Å². The second-order valence-electron chi connectivity index (χ2n) is 7.14. The standard InChI is InChI=1S/C20H27NO3/c1-22-16-7-6-15-8-10-21-9-4-5-14-11-18(23-2)19(24-3)12-17(14)20(15,21)13-16/h6-7,11-12,15-16H,4-5,8-10,13H2,1-3H3. The molecule has 3 atom stereocenters. The summed E-state index contributed by atoms with van der Waals surface area (Å²) in [4.78, 5) is 2.70. The van der Waals surface area contributed by atoms with Gasteiger partial charge in [0.1, 0.15) is 0 Å². The van der Waals surface area contributed by atoms with Crippen LogP contribution in [0, 0.1) is 5.92 Å². The topological polar surface area (TPSA) is 30.9 Å². The summed E-state index contributed by atoms with van der Waals surface area (Å²) in [5.41, 5.74) is 2.87. The highest BCUT2D eigenvalue weighted by Crippen LogP contribution is 2.53. The number of rotatable bonds is 3. The SMILES string of the molecule is COc1cc2c(cc1OC)C13CC(OC)C=CC1CCN3CCC2. The Balaban J connectivity index is 1.91. The van der Waals surface area contributed by atoms with E-state index < -0.39 is 0 Å². The van der Waals surface area contributed by atoms with E-state index in [0.717, 1.165) is 30.9 Å². The third kappa shape index (κ3) is 2.20. The van der Waals surface area contributed by atoms with Crippen molar-refractivity contribution < 1.29 is 14.2 Å². The van der Waals surface area contributed by atoms with Crippen molar-refractivity contribution in [3.8, 4) is 11.5 Å². The van der Waals surface area contributed by atoms with Gasteiger partial charge in [-0.2, -0.15) is 0 Å². The Hall–Kier alpha value is -1.52. The van der Waals surface area contributed by atoms with Gasteiger partial charge in [-0.05, 0) is 55.6 Å².